The SMILES string of the molecule is COc1ccc2c(c1)c(C(C)N(C)C)c1n2C(=O)c2ccccc2-1. The van der Waals surface area contributed by atoms with Crippen LogP contribution in [0.4, 0.5) is 0 Å². The van der Waals surface area contributed by atoms with Crippen molar-refractivity contribution in [2.75, 3.05) is 21.2 Å². The standard InChI is InChI=1S/C20H20N2O2/c1-12(21(2)3)18-16-11-13(24-4)9-10-17(16)22-19(18)14-7-5-6-8-15(14)20(22)23/h5-12H,1-4H3. The number of benzene rings is 2. The Morgan fingerprint density at radius 1 is 1.08 bits per heavy atom. The van der Waals surface area contributed by atoms with Crippen molar-refractivity contribution in [1.29, 1.82) is 0 Å². The third-order valence-electron chi connectivity index (χ3n) is 5.02. The monoisotopic (exact) mass is 320 g/mol. The van der Waals surface area contributed by atoms with Gasteiger partial charge in [0.15, 0.2) is 0 Å². The molecule has 1 atom stereocenters. The van der Waals surface area contributed by atoms with Gasteiger partial charge in [-0.15, -0.1) is 0 Å². The first-order chi connectivity index (χ1) is 11.5. The summed E-state index contributed by atoms with van der Waals surface area (Å²) in [5.74, 6) is 0.854. The smallest absolute Gasteiger partial charge is 0.263 e. The van der Waals surface area contributed by atoms with Crippen LogP contribution in [0.25, 0.3) is 22.2 Å². The van der Waals surface area contributed by atoms with E-state index >= 15 is 0 Å². The minimum atomic E-state index is 0.0490. The first-order valence-corrected chi connectivity index (χ1v) is 8.07. The summed E-state index contributed by atoms with van der Waals surface area (Å²) in [7, 11) is 5.78. The van der Waals surface area contributed by atoms with Gasteiger partial charge in [-0.05, 0) is 45.3 Å². The van der Waals surface area contributed by atoms with Crippen molar-refractivity contribution in [3.63, 3.8) is 0 Å². The first kappa shape index (κ1) is 15.0. The second kappa shape index (κ2) is 5.21. The summed E-state index contributed by atoms with van der Waals surface area (Å²) in [6.45, 7) is 2.17. The van der Waals surface area contributed by atoms with Gasteiger partial charge in [0.05, 0.1) is 18.3 Å². The Labute approximate surface area is 141 Å². The van der Waals surface area contributed by atoms with Crippen molar-refractivity contribution in [2.45, 2.75) is 13.0 Å². The Morgan fingerprint density at radius 3 is 2.46 bits per heavy atom. The summed E-state index contributed by atoms with van der Waals surface area (Å²) < 4.78 is 7.26. The molecule has 0 N–H and O–H groups in total. The average Bonchev–Trinajstić information content (AvgIpc) is 3.07. The van der Waals surface area contributed by atoms with Crippen molar-refractivity contribution in [2.24, 2.45) is 0 Å². The maximum atomic E-state index is 13.0. The highest BCUT2D eigenvalue weighted by molar-refractivity contribution is 6.16. The fourth-order valence-corrected chi connectivity index (χ4v) is 3.58. The molecule has 1 aromatic heterocycles. The van der Waals surface area contributed by atoms with Gasteiger partial charge in [-0.1, -0.05) is 18.2 Å². The van der Waals surface area contributed by atoms with Gasteiger partial charge in [0.25, 0.3) is 5.91 Å². The summed E-state index contributed by atoms with van der Waals surface area (Å²) in [5, 5.41) is 1.08. The topological polar surface area (TPSA) is 34.5 Å². The fraction of sp³-hybridized carbons (Fsp3) is 0.250. The molecule has 4 nitrogen and oxygen atoms in total. The molecule has 0 radical (unpaired) electrons. The number of ether oxygens (including phenoxy) is 1. The highest BCUT2D eigenvalue weighted by Crippen LogP contribution is 2.45. The molecule has 1 aliphatic heterocycles. The summed E-state index contributed by atoms with van der Waals surface area (Å²) in [5.41, 5.74) is 4.92. The molecule has 1 unspecified atom stereocenters. The Balaban J connectivity index is 2.14. The number of rotatable bonds is 3. The van der Waals surface area contributed by atoms with Crippen LogP contribution in [0.5, 0.6) is 5.75 Å². The van der Waals surface area contributed by atoms with Crippen LogP contribution in [0.1, 0.15) is 28.9 Å². The van der Waals surface area contributed by atoms with E-state index in [1.807, 2.05) is 47.0 Å². The lowest BCUT2D eigenvalue weighted by Crippen LogP contribution is -2.17. The van der Waals surface area contributed by atoms with Crippen molar-refractivity contribution < 1.29 is 9.53 Å². The Kier molecular flexibility index (Phi) is 3.25. The second-order valence-electron chi connectivity index (χ2n) is 6.47. The zero-order chi connectivity index (χ0) is 17.0. The van der Waals surface area contributed by atoms with E-state index in [9.17, 15) is 4.79 Å². The molecule has 1 aliphatic rings. The number of nitrogens with zero attached hydrogens (tertiary/aromatic N) is 2. The number of fused-ring (bicyclic) bond motifs is 5. The summed E-state index contributed by atoms with van der Waals surface area (Å²) in [6.07, 6.45) is 0. The minimum absolute atomic E-state index is 0.0490. The number of hydrogen-bond donors (Lipinski definition) is 0. The molecule has 24 heavy (non-hydrogen) atoms. The second-order valence-corrected chi connectivity index (χ2v) is 6.47. The molecule has 2 aromatic carbocycles. The predicted octanol–water partition coefficient (Wildman–Crippen LogP) is 3.94. The Bertz CT molecular complexity index is 969. The zero-order valence-corrected chi connectivity index (χ0v) is 14.3. The van der Waals surface area contributed by atoms with E-state index in [1.54, 1.807) is 7.11 Å². The first-order valence-electron chi connectivity index (χ1n) is 8.07. The summed E-state index contributed by atoms with van der Waals surface area (Å²) in [4.78, 5) is 15.1. The Morgan fingerprint density at radius 2 is 1.79 bits per heavy atom. The molecule has 0 saturated heterocycles. The number of hydrogen-bond acceptors (Lipinski definition) is 3. The van der Waals surface area contributed by atoms with Gasteiger partial charge in [0.1, 0.15) is 5.75 Å². The van der Waals surface area contributed by atoms with Gasteiger partial charge in [0.2, 0.25) is 0 Å². The van der Waals surface area contributed by atoms with Crippen LogP contribution < -0.4 is 4.74 Å². The van der Waals surface area contributed by atoms with Gasteiger partial charge >= 0.3 is 0 Å². The predicted molar refractivity (Wildman–Crippen MR) is 95.8 cm³/mol. The van der Waals surface area contributed by atoms with Crippen LogP contribution in [0.15, 0.2) is 42.5 Å². The molecule has 2 heterocycles. The van der Waals surface area contributed by atoms with E-state index in [2.05, 4.69) is 25.9 Å². The highest BCUT2D eigenvalue weighted by atomic mass is 16.5. The largest absolute Gasteiger partial charge is 0.497 e. The third-order valence-corrected chi connectivity index (χ3v) is 5.02. The average molecular weight is 320 g/mol. The van der Waals surface area contributed by atoms with Gasteiger partial charge < -0.3 is 9.64 Å². The van der Waals surface area contributed by atoms with E-state index in [-0.39, 0.29) is 11.9 Å². The van der Waals surface area contributed by atoms with Crippen LogP contribution in [-0.2, 0) is 0 Å². The van der Waals surface area contributed by atoms with Gasteiger partial charge in [-0.25, -0.2) is 0 Å². The van der Waals surface area contributed by atoms with Crippen LogP contribution in [0.2, 0.25) is 0 Å². The lowest BCUT2D eigenvalue weighted by Gasteiger charge is -2.21. The lowest BCUT2D eigenvalue weighted by atomic mass is 9.97. The lowest BCUT2D eigenvalue weighted by molar-refractivity contribution is 0.0973. The minimum Gasteiger partial charge on any atom is -0.497 e. The molecular formula is C20H20N2O2. The maximum absolute atomic E-state index is 13.0. The van der Waals surface area contributed by atoms with Crippen molar-refractivity contribution >= 4 is 16.8 Å². The molecule has 4 heteroatoms. The highest BCUT2D eigenvalue weighted by Gasteiger charge is 2.34. The fourth-order valence-electron chi connectivity index (χ4n) is 3.58. The van der Waals surface area contributed by atoms with Crippen molar-refractivity contribution in [3.8, 4) is 17.0 Å². The number of carbonyl (C=O) groups excluding carboxylic acids is 1. The Hall–Kier alpha value is -2.59. The third kappa shape index (κ3) is 1.86. The van der Waals surface area contributed by atoms with Crippen molar-refractivity contribution in [3.05, 3.63) is 53.6 Å². The van der Waals surface area contributed by atoms with Gasteiger partial charge in [0, 0.05) is 28.1 Å². The molecule has 0 bridgehead atoms. The summed E-state index contributed by atoms with van der Waals surface area (Å²) >= 11 is 0. The summed E-state index contributed by atoms with van der Waals surface area (Å²) in [6, 6.07) is 14.0. The molecule has 0 fully saturated rings. The molecule has 4 rings (SSSR count). The molecule has 0 spiro atoms. The van der Waals surface area contributed by atoms with E-state index in [0.717, 1.165) is 33.5 Å². The molecular weight excluding hydrogens is 300 g/mol. The maximum Gasteiger partial charge on any atom is 0.263 e. The molecule has 0 aliphatic carbocycles. The normalized spacial score (nSPS) is 14.1. The molecule has 0 amide bonds. The van der Waals surface area contributed by atoms with Crippen LogP contribution in [0, 0.1) is 0 Å². The molecule has 122 valence electrons. The van der Waals surface area contributed by atoms with E-state index in [0.29, 0.717) is 0 Å². The van der Waals surface area contributed by atoms with E-state index in [1.165, 1.54) is 5.56 Å². The molecule has 3 aromatic rings. The van der Waals surface area contributed by atoms with Crippen LogP contribution >= 0.6 is 0 Å². The van der Waals surface area contributed by atoms with E-state index in [4.69, 9.17) is 4.74 Å². The quantitative estimate of drug-likeness (QED) is 0.573. The van der Waals surface area contributed by atoms with Gasteiger partial charge in [-0.3, -0.25) is 9.36 Å². The van der Waals surface area contributed by atoms with Gasteiger partial charge in [-0.2, -0.15) is 0 Å². The van der Waals surface area contributed by atoms with Crippen molar-refractivity contribution in [1.82, 2.24) is 9.47 Å². The number of aromatic nitrogens is 1. The zero-order valence-electron chi connectivity index (χ0n) is 14.3. The van der Waals surface area contributed by atoms with E-state index < -0.39 is 0 Å². The van der Waals surface area contributed by atoms with Crippen LogP contribution in [0.3, 0.4) is 0 Å². The number of methoxy groups -OCH3 is 1. The number of carbonyl (C=O) groups is 1. The van der Waals surface area contributed by atoms with Crippen LogP contribution in [-0.4, -0.2) is 36.6 Å². The molecule has 0 saturated carbocycles.